The first-order chi connectivity index (χ1) is 7.02. The Morgan fingerprint density at radius 1 is 1.25 bits per heavy atom. The number of carbonyl (C=O) groups is 2. The largest absolute Gasteiger partial charge is 1.00 e. The molecule has 0 atom stereocenters. The third-order valence-electron chi connectivity index (χ3n) is 2.06. The van der Waals surface area contributed by atoms with Gasteiger partial charge in [0.25, 0.3) is 17.5 Å². The average molecular weight is 248 g/mol. The predicted molar refractivity (Wildman–Crippen MR) is 46.5 cm³/mol. The van der Waals surface area contributed by atoms with Gasteiger partial charge in [0.05, 0.1) is 16.1 Å². The van der Waals surface area contributed by atoms with E-state index in [2.05, 4.69) is 0 Å². The number of nitro benzene ring substituents is 1. The molecular formula is C8H5KN2O5. The zero-order valence-corrected chi connectivity index (χ0v) is 11.3. The van der Waals surface area contributed by atoms with E-state index < -0.39 is 16.7 Å². The number of non-ortho nitro benzene ring substituents is 1. The molecular weight excluding hydrogens is 243 g/mol. The summed E-state index contributed by atoms with van der Waals surface area (Å²) in [5, 5.41) is 19.3. The summed E-state index contributed by atoms with van der Waals surface area (Å²) in [5.74, 6) is -1.82. The molecule has 1 heterocycles. The van der Waals surface area contributed by atoms with Gasteiger partial charge in [0.2, 0.25) is 0 Å². The Morgan fingerprint density at radius 3 is 2.38 bits per heavy atom. The van der Waals surface area contributed by atoms with Crippen LogP contribution in [0.4, 0.5) is 5.69 Å². The van der Waals surface area contributed by atoms with Gasteiger partial charge in [0.15, 0.2) is 0 Å². The summed E-state index contributed by atoms with van der Waals surface area (Å²) in [6.07, 6.45) is 0. The molecule has 0 saturated carbocycles. The van der Waals surface area contributed by atoms with Crippen LogP contribution in [0.15, 0.2) is 18.2 Å². The molecule has 0 bridgehead atoms. The van der Waals surface area contributed by atoms with E-state index in [1.165, 1.54) is 0 Å². The molecule has 0 aromatic heterocycles. The Hall–Kier alpha value is -0.644. The van der Waals surface area contributed by atoms with Crippen molar-refractivity contribution in [1.29, 1.82) is 0 Å². The van der Waals surface area contributed by atoms with Crippen molar-refractivity contribution in [2.45, 2.75) is 0 Å². The Labute approximate surface area is 133 Å². The monoisotopic (exact) mass is 248 g/mol. The van der Waals surface area contributed by atoms with Crippen LogP contribution in [-0.2, 0) is 0 Å². The number of benzene rings is 1. The van der Waals surface area contributed by atoms with Crippen LogP contribution in [0.2, 0.25) is 0 Å². The molecule has 0 fully saturated rings. The number of hydrogen-bond donors (Lipinski definition) is 1. The van der Waals surface area contributed by atoms with E-state index in [0.29, 0.717) is 0 Å². The maximum absolute atomic E-state index is 11.2. The summed E-state index contributed by atoms with van der Waals surface area (Å²) in [6, 6.07) is 3.21. The van der Waals surface area contributed by atoms with Crippen LogP contribution in [0.3, 0.4) is 0 Å². The summed E-state index contributed by atoms with van der Waals surface area (Å²) < 4.78 is 0. The van der Waals surface area contributed by atoms with Crippen molar-refractivity contribution in [1.82, 2.24) is 5.06 Å². The maximum Gasteiger partial charge on any atom is 1.00 e. The van der Waals surface area contributed by atoms with E-state index in [-0.39, 0.29) is 74.7 Å². The fourth-order valence-corrected chi connectivity index (χ4v) is 1.33. The van der Waals surface area contributed by atoms with Crippen LogP contribution < -0.4 is 51.4 Å². The Morgan fingerprint density at radius 2 is 1.81 bits per heavy atom. The van der Waals surface area contributed by atoms with Gasteiger partial charge in [-0.1, -0.05) is 0 Å². The van der Waals surface area contributed by atoms with Gasteiger partial charge in [-0.3, -0.25) is 24.9 Å². The number of carbonyl (C=O) groups excluding carboxylic acids is 2. The minimum absolute atomic E-state index is 0. The fraction of sp³-hybridized carbons (Fsp3) is 0. The van der Waals surface area contributed by atoms with Gasteiger partial charge in [-0.25, -0.2) is 0 Å². The summed E-state index contributed by atoms with van der Waals surface area (Å²) in [4.78, 5) is 32.1. The molecule has 16 heavy (non-hydrogen) atoms. The molecule has 7 nitrogen and oxygen atoms in total. The van der Waals surface area contributed by atoms with Crippen LogP contribution in [0.25, 0.3) is 0 Å². The minimum Gasteiger partial charge on any atom is -1.00 e. The normalized spacial score (nSPS) is 13.4. The molecule has 1 aliphatic rings. The molecule has 0 aliphatic carbocycles. The molecule has 0 saturated heterocycles. The van der Waals surface area contributed by atoms with Crippen LogP contribution in [0.1, 0.15) is 22.1 Å². The number of nitrogens with zero attached hydrogens (tertiary/aromatic N) is 2. The third-order valence-corrected chi connectivity index (χ3v) is 2.06. The predicted octanol–water partition coefficient (Wildman–Crippen LogP) is -2.30. The van der Waals surface area contributed by atoms with Gasteiger partial charge in [-0.05, 0) is 6.07 Å². The van der Waals surface area contributed by atoms with Crippen LogP contribution in [0, 0.1) is 10.1 Å². The van der Waals surface area contributed by atoms with Crippen LogP contribution >= 0.6 is 0 Å². The number of fused-ring (bicyclic) bond motifs is 1. The summed E-state index contributed by atoms with van der Waals surface area (Å²) in [7, 11) is 0. The third kappa shape index (κ3) is 1.95. The van der Waals surface area contributed by atoms with E-state index in [4.69, 9.17) is 5.21 Å². The summed E-state index contributed by atoms with van der Waals surface area (Å²) >= 11 is 0. The first kappa shape index (κ1) is 13.4. The van der Waals surface area contributed by atoms with Crippen molar-refractivity contribution >= 4 is 17.5 Å². The van der Waals surface area contributed by atoms with Gasteiger partial charge in [0, 0.05) is 12.1 Å². The molecule has 1 N–H and O–H groups in total. The number of amides is 2. The molecule has 0 radical (unpaired) electrons. The van der Waals surface area contributed by atoms with Crippen molar-refractivity contribution in [3.63, 3.8) is 0 Å². The zero-order chi connectivity index (χ0) is 11.2. The average Bonchev–Trinajstić information content (AvgIpc) is 2.44. The van der Waals surface area contributed by atoms with E-state index in [9.17, 15) is 19.7 Å². The zero-order valence-electron chi connectivity index (χ0n) is 9.21. The smallest absolute Gasteiger partial charge is 1.00 e. The number of hydrogen-bond acceptors (Lipinski definition) is 5. The van der Waals surface area contributed by atoms with Gasteiger partial charge >= 0.3 is 51.4 Å². The first-order valence-electron chi connectivity index (χ1n) is 3.88. The SMILES string of the molecule is O=C1c2ccc([N+](=O)[O-])cc2C(=O)N1O.[H-].[K+]. The van der Waals surface area contributed by atoms with Gasteiger partial charge < -0.3 is 1.43 Å². The second kappa shape index (κ2) is 4.69. The molecule has 1 aliphatic heterocycles. The standard InChI is InChI=1S/C8H4N2O5.K.H/c11-7-5-2-1-4(10(14)15)3-6(5)8(12)9(7)13;;/h1-3,13H;;/q;+1;-1. The van der Waals surface area contributed by atoms with Crippen molar-refractivity contribution in [3.8, 4) is 0 Å². The van der Waals surface area contributed by atoms with E-state index in [1.807, 2.05) is 0 Å². The number of imide groups is 1. The fourth-order valence-electron chi connectivity index (χ4n) is 1.33. The summed E-state index contributed by atoms with van der Waals surface area (Å²) in [6.45, 7) is 0. The van der Waals surface area contributed by atoms with Gasteiger partial charge in [-0.15, -0.1) is 5.06 Å². The Kier molecular flexibility index (Phi) is 3.94. The molecule has 2 rings (SSSR count). The quantitative estimate of drug-likeness (QED) is 0.198. The minimum atomic E-state index is -0.946. The van der Waals surface area contributed by atoms with Crippen molar-refractivity contribution in [3.05, 3.63) is 39.4 Å². The number of rotatable bonds is 1. The molecule has 2 amide bonds. The second-order valence-corrected chi connectivity index (χ2v) is 2.91. The second-order valence-electron chi connectivity index (χ2n) is 2.91. The van der Waals surface area contributed by atoms with Crippen molar-refractivity contribution < 1.29 is 72.5 Å². The Bertz CT molecular complexity index is 507. The van der Waals surface area contributed by atoms with Gasteiger partial charge in [-0.2, -0.15) is 0 Å². The van der Waals surface area contributed by atoms with E-state index in [0.717, 1.165) is 18.2 Å². The van der Waals surface area contributed by atoms with Crippen LogP contribution in [-0.4, -0.2) is 27.0 Å². The molecule has 1 aromatic rings. The van der Waals surface area contributed by atoms with Crippen molar-refractivity contribution in [2.75, 3.05) is 0 Å². The van der Waals surface area contributed by atoms with Crippen LogP contribution in [0.5, 0.6) is 0 Å². The van der Waals surface area contributed by atoms with E-state index in [1.54, 1.807) is 0 Å². The number of hydroxylamine groups is 2. The molecule has 0 spiro atoms. The maximum atomic E-state index is 11.2. The van der Waals surface area contributed by atoms with E-state index >= 15 is 0 Å². The Balaban J connectivity index is 0.00000128. The topological polar surface area (TPSA) is 101 Å². The van der Waals surface area contributed by atoms with Gasteiger partial charge in [0.1, 0.15) is 0 Å². The molecule has 0 unspecified atom stereocenters. The molecule has 78 valence electrons. The number of nitro groups is 1. The summed E-state index contributed by atoms with van der Waals surface area (Å²) in [5.41, 5.74) is -0.491. The molecule has 1 aromatic carbocycles. The molecule has 8 heteroatoms. The van der Waals surface area contributed by atoms with Crippen molar-refractivity contribution in [2.24, 2.45) is 0 Å². The first-order valence-corrected chi connectivity index (χ1v) is 3.88.